The largest absolute Gasteiger partial charge is 0.465 e. The summed E-state index contributed by atoms with van der Waals surface area (Å²) in [6.45, 7) is 4.89. The summed E-state index contributed by atoms with van der Waals surface area (Å²) in [6, 6.07) is -0.420. The summed E-state index contributed by atoms with van der Waals surface area (Å²) in [4.78, 5) is 11.5. The Hall–Kier alpha value is -0.570. The Morgan fingerprint density at radius 2 is 1.50 bits per heavy atom. The van der Waals surface area contributed by atoms with E-state index in [2.05, 4.69) is 13.8 Å². The maximum absolute atomic E-state index is 11.5. The second-order valence-corrected chi connectivity index (χ2v) is 5.04. The third-order valence-corrected chi connectivity index (χ3v) is 3.16. The monoisotopic (exact) mass is 257 g/mol. The number of hydrogen-bond acceptors (Lipinski definition) is 3. The number of esters is 1. The molecule has 0 saturated carbocycles. The van der Waals surface area contributed by atoms with Crippen LogP contribution in [0, 0.1) is 0 Å². The molecule has 0 heterocycles. The Bertz CT molecular complexity index is 195. The Labute approximate surface area is 112 Å². The molecule has 0 spiro atoms. The minimum atomic E-state index is -0.420. The SMILES string of the molecule is CCCCCCCCOC(=O)C(N)CCCCC. The molecule has 0 aromatic heterocycles. The predicted octanol–water partition coefficient (Wildman–Crippen LogP) is 3.80. The highest BCUT2D eigenvalue weighted by molar-refractivity contribution is 5.75. The van der Waals surface area contributed by atoms with Crippen molar-refractivity contribution in [2.75, 3.05) is 6.61 Å². The molecule has 3 nitrogen and oxygen atoms in total. The molecule has 0 saturated heterocycles. The highest BCUT2D eigenvalue weighted by atomic mass is 16.5. The van der Waals surface area contributed by atoms with Crippen LogP contribution in [-0.2, 0) is 9.53 Å². The van der Waals surface area contributed by atoms with Gasteiger partial charge in [-0.1, -0.05) is 65.2 Å². The molecule has 1 unspecified atom stereocenters. The Morgan fingerprint density at radius 3 is 2.17 bits per heavy atom. The van der Waals surface area contributed by atoms with Gasteiger partial charge in [-0.25, -0.2) is 0 Å². The molecule has 0 aliphatic rings. The topological polar surface area (TPSA) is 52.3 Å². The summed E-state index contributed by atoms with van der Waals surface area (Å²) in [5, 5.41) is 0. The highest BCUT2D eigenvalue weighted by Gasteiger charge is 2.13. The van der Waals surface area contributed by atoms with E-state index in [1.54, 1.807) is 0 Å². The first-order valence-corrected chi connectivity index (χ1v) is 7.64. The average molecular weight is 257 g/mol. The van der Waals surface area contributed by atoms with Crippen molar-refractivity contribution in [3.8, 4) is 0 Å². The fourth-order valence-corrected chi connectivity index (χ4v) is 1.89. The summed E-state index contributed by atoms with van der Waals surface area (Å²) < 4.78 is 5.18. The van der Waals surface area contributed by atoms with Gasteiger partial charge in [0.25, 0.3) is 0 Å². The summed E-state index contributed by atoms with van der Waals surface area (Å²) >= 11 is 0. The third kappa shape index (κ3) is 10.6. The Balaban J connectivity index is 3.35. The van der Waals surface area contributed by atoms with Gasteiger partial charge in [0.05, 0.1) is 6.61 Å². The number of nitrogens with two attached hydrogens (primary N) is 1. The van der Waals surface area contributed by atoms with E-state index in [1.807, 2.05) is 0 Å². The zero-order valence-electron chi connectivity index (χ0n) is 12.2. The quantitative estimate of drug-likeness (QED) is 0.427. The number of carbonyl (C=O) groups is 1. The first-order valence-electron chi connectivity index (χ1n) is 7.64. The zero-order valence-corrected chi connectivity index (χ0v) is 12.2. The van der Waals surface area contributed by atoms with Crippen LogP contribution in [0.1, 0.15) is 78.1 Å². The van der Waals surface area contributed by atoms with Crippen LogP contribution in [0.5, 0.6) is 0 Å². The average Bonchev–Trinajstić information content (AvgIpc) is 2.37. The summed E-state index contributed by atoms with van der Waals surface area (Å²) in [5.74, 6) is -0.223. The molecule has 0 aromatic carbocycles. The van der Waals surface area contributed by atoms with Crippen molar-refractivity contribution in [2.45, 2.75) is 84.1 Å². The lowest BCUT2D eigenvalue weighted by Crippen LogP contribution is -2.32. The molecule has 3 heteroatoms. The van der Waals surface area contributed by atoms with E-state index < -0.39 is 6.04 Å². The second kappa shape index (κ2) is 12.9. The molecule has 0 rings (SSSR count). The molecule has 108 valence electrons. The molecule has 1 atom stereocenters. The molecule has 0 radical (unpaired) electrons. The standard InChI is InChI=1S/C15H31NO2/c1-3-5-7-8-9-11-13-18-15(17)14(16)12-10-6-4-2/h14H,3-13,16H2,1-2H3. The van der Waals surface area contributed by atoms with Crippen molar-refractivity contribution in [3.05, 3.63) is 0 Å². The number of unbranched alkanes of at least 4 members (excludes halogenated alkanes) is 7. The zero-order chi connectivity index (χ0) is 13.6. The van der Waals surface area contributed by atoms with Gasteiger partial charge < -0.3 is 10.5 Å². The van der Waals surface area contributed by atoms with Crippen molar-refractivity contribution in [3.63, 3.8) is 0 Å². The van der Waals surface area contributed by atoms with Crippen molar-refractivity contribution in [1.82, 2.24) is 0 Å². The molecular weight excluding hydrogens is 226 g/mol. The van der Waals surface area contributed by atoms with Crippen molar-refractivity contribution in [1.29, 1.82) is 0 Å². The Kier molecular flexibility index (Phi) is 12.5. The number of rotatable bonds is 12. The molecule has 18 heavy (non-hydrogen) atoms. The number of ether oxygens (including phenoxy) is 1. The maximum Gasteiger partial charge on any atom is 0.322 e. The summed E-state index contributed by atoms with van der Waals surface area (Å²) in [7, 11) is 0. The van der Waals surface area contributed by atoms with Crippen molar-refractivity contribution >= 4 is 5.97 Å². The number of hydrogen-bond donors (Lipinski definition) is 1. The lowest BCUT2D eigenvalue weighted by Gasteiger charge is -2.11. The van der Waals surface area contributed by atoms with Gasteiger partial charge in [0.15, 0.2) is 0 Å². The van der Waals surface area contributed by atoms with E-state index in [4.69, 9.17) is 10.5 Å². The van der Waals surface area contributed by atoms with Crippen molar-refractivity contribution < 1.29 is 9.53 Å². The van der Waals surface area contributed by atoms with Gasteiger partial charge in [0, 0.05) is 0 Å². The third-order valence-electron chi connectivity index (χ3n) is 3.16. The van der Waals surface area contributed by atoms with Crippen LogP contribution >= 0.6 is 0 Å². The normalized spacial score (nSPS) is 12.4. The lowest BCUT2D eigenvalue weighted by atomic mass is 10.1. The smallest absolute Gasteiger partial charge is 0.322 e. The van der Waals surface area contributed by atoms with E-state index in [0.717, 1.165) is 38.5 Å². The molecule has 0 fully saturated rings. The molecule has 0 aliphatic heterocycles. The molecule has 0 bridgehead atoms. The molecule has 0 aromatic rings. The van der Waals surface area contributed by atoms with Gasteiger partial charge in [-0.3, -0.25) is 4.79 Å². The van der Waals surface area contributed by atoms with Crippen molar-refractivity contribution in [2.24, 2.45) is 5.73 Å². The second-order valence-electron chi connectivity index (χ2n) is 5.04. The highest BCUT2D eigenvalue weighted by Crippen LogP contribution is 2.06. The predicted molar refractivity (Wildman–Crippen MR) is 76.5 cm³/mol. The van der Waals surface area contributed by atoms with Crippen LogP contribution in [0.25, 0.3) is 0 Å². The summed E-state index contributed by atoms with van der Waals surface area (Å²) in [5.41, 5.74) is 5.76. The fourth-order valence-electron chi connectivity index (χ4n) is 1.89. The minimum Gasteiger partial charge on any atom is -0.465 e. The first-order chi connectivity index (χ1) is 8.72. The van der Waals surface area contributed by atoms with E-state index in [9.17, 15) is 4.79 Å². The van der Waals surface area contributed by atoms with Gasteiger partial charge >= 0.3 is 5.97 Å². The van der Waals surface area contributed by atoms with Gasteiger partial charge in [-0.15, -0.1) is 0 Å². The number of carbonyl (C=O) groups excluding carboxylic acids is 1. The van der Waals surface area contributed by atoms with Gasteiger partial charge in [-0.2, -0.15) is 0 Å². The fraction of sp³-hybridized carbons (Fsp3) is 0.933. The van der Waals surface area contributed by atoms with Crippen LogP contribution in [-0.4, -0.2) is 18.6 Å². The van der Waals surface area contributed by atoms with Crippen LogP contribution in [0.2, 0.25) is 0 Å². The molecule has 0 aliphatic carbocycles. The maximum atomic E-state index is 11.5. The van der Waals surface area contributed by atoms with Crippen LogP contribution < -0.4 is 5.73 Å². The van der Waals surface area contributed by atoms with E-state index in [0.29, 0.717) is 6.61 Å². The molecular formula is C15H31NO2. The first kappa shape index (κ1) is 17.4. The van der Waals surface area contributed by atoms with Gasteiger partial charge in [-0.05, 0) is 12.8 Å². The van der Waals surface area contributed by atoms with Gasteiger partial charge in [0.2, 0.25) is 0 Å². The van der Waals surface area contributed by atoms with E-state index >= 15 is 0 Å². The van der Waals surface area contributed by atoms with Gasteiger partial charge in [0.1, 0.15) is 6.04 Å². The van der Waals surface area contributed by atoms with E-state index in [-0.39, 0.29) is 5.97 Å². The van der Waals surface area contributed by atoms with Crippen LogP contribution in [0.15, 0.2) is 0 Å². The van der Waals surface area contributed by atoms with Crippen LogP contribution in [0.4, 0.5) is 0 Å². The molecule has 2 N–H and O–H groups in total. The van der Waals surface area contributed by atoms with E-state index in [1.165, 1.54) is 25.7 Å². The minimum absolute atomic E-state index is 0.223. The van der Waals surface area contributed by atoms with Crippen LogP contribution in [0.3, 0.4) is 0 Å². The molecule has 0 amide bonds. The summed E-state index contributed by atoms with van der Waals surface area (Å²) in [6.07, 6.45) is 11.3. The lowest BCUT2D eigenvalue weighted by molar-refractivity contribution is -0.145. The Morgan fingerprint density at radius 1 is 0.944 bits per heavy atom.